The summed E-state index contributed by atoms with van der Waals surface area (Å²) in [6, 6.07) is 39.9. The second-order valence-electron chi connectivity index (χ2n) is 20.6. The molecule has 0 radical (unpaired) electrons. The summed E-state index contributed by atoms with van der Waals surface area (Å²) in [5, 5.41) is 9.06. The van der Waals surface area contributed by atoms with E-state index in [-0.39, 0.29) is 17.7 Å². The van der Waals surface area contributed by atoms with Gasteiger partial charge in [0.15, 0.2) is 11.2 Å². The van der Waals surface area contributed by atoms with Crippen molar-refractivity contribution in [1.82, 2.24) is 0 Å². The highest BCUT2D eigenvalue weighted by molar-refractivity contribution is 6.18. The average Bonchev–Trinajstić information content (AvgIpc) is 3.91. The predicted molar refractivity (Wildman–Crippen MR) is 292 cm³/mol. The van der Waals surface area contributed by atoms with E-state index in [1.807, 2.05) is 18.2 Å². The summed E-state index contributed by atoms with van der Waals surface area (Å²) in [7, 11) is 0. The molecule has 2 heterocycles. The molecule has 2 fully saturated rings. The van der Waals surface area contributed by atoms with Gasteiger partial charge >= 0.3 is 0 Å². The summed E-state index contributed by atoms with van der Waals surface area (Å²) in [5.74, 6) is 1.43. The number of halogens is 2. The smallest absolute Gasteiger partial charge is 0.159 e. The summed E-state index contributed by atoms with van der Waals surface area (Å²) in [6.07, 6.45) is 26.7. The maximum Gasteiger partial charge on any atom is 0.159 e. The van der Waals surface area contributed by atoms with Crippen LogP contribution in [0, 0.1) is 11.7 Å². The number of allylic oxidation sites excluding steroid dienone is 7. The number of para-hydroxylation sites is 3. The molecule has 2 aromatic heterocycles. The van der Waals surface area contributed by atoms with Gasteiger partial charge in [-0.15, -0.1) is 0 Å². The van der Waals surface area contributed by atoms with Crippen LogP contribution in [-0.2, 0) is 0 Å². The fourth-order valence-electron chi connectivity index (χ4n) is 13.0. The van der Waals surface area contributed by atoms with Gasteiger partial charge in [0.1, 0.15) is 17.2 Å². The van der Waals surface area contributed by atoms with Crippen LogP contribution >= 0.6 is 0 Å². The quantitative estimate of drug-likeness (QED) is 0.135. The predicted octanol–water partition coefficient (Wildman–Crippen LogP) is 18.9. The summed E-state index contributed by atoms with van der Waals surface area (Å²) in [5.41, 5.74) is 12.2. The molecule has 13 rings (SSSR count). The van der Waals surface area contributed by atoms with E-state index in [2.05, 4.69) is 132 Å². The summed E-state index contributed by atoms with van der Waals surface area (Å²) >= 11 is 0. The van der Waals surface area contributed by atoms with Crippen LogP contribution in [-0.4, -0.2) is 0 Å². The van der Waals surface area contributed by atoms with Gasteiger partial charge in [0.2, 0.25) is 0 Å². The lowest BCUT2D eigenvalue weighted by Crippen LogP contribution is -2.28. The Labute approximate surface area is 413 Å². The van der Waals surface area contributed by atoms with Crippen molar-refractivity contribution < 1.29 is 17.6 Å². The zero-order chi connectivity index (χ0) is 47.7. The number of rotatable bonds is 9. The van der Waals surface area contributed by atoms with E-state index >= 15 is 0 Å². The van der Waals surface area contributed by atoms with Crippen LogP contribution in [0.3, 0.4) is 0 Å². The van der Waals surface area contributed by atoms with E-state index in [0.717, 1.165) is 96.3 Å². The molecule has 2 saturated carbocycles. The monoisotopic (exact) mass is 936 g/mol. The highest BCUT2D eigenvalue weighted by Crippen LogP contribution is 2.51. The number of hydrogen-bond acceptors (Lipinski definition) is 4. The lowest BCUT2D eigenvalue weighted by Gasteiger charge is -2.36. The third-order valence-corrected chi connectivity index (χ3v) is 16.3. The number of anilines is 4. The summed E-state index contributed by atoms with van der Waals surface area (Å²) < 4.78 is 43.8. The average molecular weight is 937 g/mol. The van der Waals surface area contributed by atoms with Crippen LogP contribution in [0.4, 0.5) is 31.5 Å². The molecule has 0 N–H and O–H groups in total. The van der Waals surface area contributed by atoms with E-state index < -0.39 is 0 Å². The van der Waals surface area contributed by atoms with E-state index in [1.165, 1.54) is 104 Å². The van der Waals surface area contributed by atoms with Crippen molar-refractivity contribution in [3.8, 4) is 0 Å². The zero-order valence-electron chi connectivity index (χ0n) is 40.6. The minimum absolute atomic E-state index is 0.149. The molecule has 354 valence electrons. The van der Waals surface area contributed by atoms with Gasteiger partial charge in [-0.25, -0.2) is 8.78 Å². The van der Waals surface area contributed by atoms with Crippen molar-refractivity contribution in [2.24, 2.45) is 5.92 Å². The Hall–Kier alpha value is -7.18. The third-order valence-electron chi connectivity index (χ3n) is 16.3. The van der Waals surface area contributed by atoms with Crippen molar-refractivity contribution in [3.63, 3.8) is 0 Å². The molecule has 0 bridgehead atoms. The van der Waals surface area contributed by atoms with Gasteiger partial charge in [-0.2, -0.15) is 0 Å². The topological polar surface area (TPSA) is 32.8 Å². The van der Waals surface area contributed by atoms with Gasteiger partial charge < -0.3 is 18.6 Å². The van der Waals surface area contributed by atoms with Gasteiger partial charge in [0.25, 0.3) is 0 Å². The maximum absolute atomic E-state index is 14.9. The molecule has 0 saturated heterocycles. The molecule has 1 atom stereocenters. The first-order valence-electron chi connectivity index (χ1n) is 26.1. The molecule has 7 aromatic carbocycles. The van der Waals surface area contributed by atoms with E-state index in [1.54, 1.807) is 18.2 Å². The highest BCUT2D eigenvalue weighted by atomic mass is 19.1. The van der Waals surface area contributed by atoms with Crippen molar-refractivity contribution in [1.29, 1.82) is 0 Å². The Bertz CT molecular complexity index is 3740. The van der Waals surface area contributed by atoms with E-state index in [9.17, 15) is 8.78 Å². The van der Waals surface area contributed by atoms with Gasteiger partial charge in [-0.3, -0.25) is 0 Å². The molecule has 9 aromatic rings. The molecule has 0 aliphatic heterocycles. The molecule has 4 nitrogen and oxygen atoms in total. The number of hydrogen-bond donors (Lipinski definition) is 0. The molecule has 71 heavy (non-hydrogen) atoms. The fraction of sp³-hybridized carbons (Fsp3) is 0.262. The standard InChI is InChI=1S/C65H58F2N2O2/c1-40(66)26-27-41(2)68(58-24-12-22-53-51-21-11-20-49(63(51)70-64(53)58)43-16-7-4-8-17-43)56-38-30-44-29-37-55-57(39-31-45-28-36-54(56)60(44)61(45)55)69(47-34-32-46(67)33-35-47)59-25-13-23-52-50-19-10-9-18-48(62(50)71-65(52)59)42-14-5-3-6-15-42/h10-13,18-38,42-43,57H,3-9,14-17,39H2,1-2H3/b40-26+,41-27+. The molecular formula is C65H58F2N2O2. The van der Waals surface area contributed by atoms with Crippen LogP contribution < -0.4 is 15.0 Å². The first-order chi connectivity index (χ1) is 34.9. The fourth-order valence-corrected chi connectivity index (χ4v) is 13.0. The third kappa shape index (κ3) is 7.43. The second kappa shape index (κ2) is 17.9. The van der Waals surface area contributed by atoms with Crippen LogP contribution in [0.1, 0.15) is 125 Å². The minimum atomic E-state index is -0.271. The Kier molecular flexibility index (Phi) is 11.0. The highest BCUT2D eigenvalue weighted by Gasteiger charge is 2.33. The normalized spacial score (nSPS) is 18.1. The summed E-state index contributed by atoms with van der Waals surface area (Å²) in [4.78, 5) is 4.65. The minimum Gasteiger partial charge on any atom is -0.454 e. The molecule has 0 spiro atoms. The lowest BCUT2D eigenvalue weighted by atomic mass is 9.82. The molecule has 6 heteroatoms. The Morgan fingerprint density at radius 2 is 1.30 bits per heavy atom. The number of fused-ring (bicyclic) bond motifs is 6. The second-order valence-corrected chi connectivity index (χ2v) is 20.6. The SMILES string of the molecule is C/C(F)=C\C=C(/C)N(c1ccc2ccc3c4c(ccc1c24)=CCC3N(c1ccc(F)cc1)c1cccc2c3c(oc12)C(C1CCCCC1)=CCC=C3)c1cccc2c1oc1c(C3CCCCC3)cccc12. The first kappa shape index (κ1) is 43.8. The van der Waals surface area contributed by atoms with Crippen molar-refractivity contribution in [2.45, 2.75) is 103 Å². The lowest BCUT2D eigenvalue weighted by molar-refractivity contribution is 0.422. The zero-order valence-corrected chi connectivity index (χ0v) is 40.6. The first-order valence-corrected chi connectivity index (χ1v) is 26.1. The Morgan fingerprint density at radius 3 is 2.08 bits per heavy atom. The van der Waals surface area contributed by atoms with Crippen LogP contribution in [0.25, 0.3) is 72.2 Å². The summed E-state index contributed by atoms with van der Waals surface area (Å²) in [6.45, 7) is 3.54. The van der Waals surface area contributed by atoms with Crippen LogP contribution in [0.5, 0.6) is 0 Å². The Morgan fingerprint density at radius 1 is 0.592 bits per heavy atom. The van der Waals surface area contributed by atoms with E-state index in [4.69, 9.17) is 8.83 Å². The molecular weight excluding hydrogens is 879 g/mol. The van der Waals surface area contributed by atoms with Crippen molar-refractivity contribution >= 4 is 94.9 Å². The van der Waals surface area contributed by atoms with Crippen LogP contribution in [0.2, 0.25) is 0 Å². The van der Waals surface area contributed by atoms with Gasteiger partial charge in [0.05, 0.1) is 28.9 Å². The maximum atomic E-state index is 14.9. The molecule has 4 aliphatic carbocycles. The number of furan rings is 2. The number of benzene rings is 7. The molecule has 0 amide bonds. The van der Waals surface area contributed by atoms with Crippen molar-refractivity contribution in [3.05, 3.63) is 185 Å². The van der Waals surface area contributed by atoms with E-state index in [0.29, 0.717) is 11.8 Å². The largest absolute Gasteiger partial charge is 0.454 e. The van der Waals surface area contributed by atoms with Gasteiger partial charge in [0, 0.05) is 38.5 Å². The Balaban J connectivity index is 0.995. The molecule has 1 unspecified atom stereocenters. The van der Waals surface area contributed by atoms with Gasteiger partial charge in [-0.05, 0) is 157 Å². The number of nitrogens with zero attached hydrogens (tertiary/aromatic N) is 2. The molecule has 4 aliphatic rings. The van der Waals surface area contributed by atoms with Gasteiger partial charge in [-0.1, -0.05) is 136 Å². The van der Waals surface area contributed by atoms with Crippen LogP contribution in [0.15, 0.2) is 160 Å². The van der Waals surface area contributed by atoms with Crippen molar-refractivity contribution in [2.75, 3.05) is 9.80 Å².